The number of nitrogens with two attached hydrogens (primary N) is 1. The standard InChI is InChI=1S/C13H12BrClN2O.C13H9BrClNO/c14-10-3-6-12(17-7-10)13(18,8-16)9-1-4-11(15)5-2-9;14-10-3-6-12(16-7-10)13(8-17-13)9-1-4-11(15)5-2-9/h1-7,18H,8,16H2;1-7H,8H2. The number of hydrogen-bond donors (Lipinski definition) is 2. The zero-order chi connectivity index (χ0) is 25.1. The Bertz CT molecular complexity index is 1170. The van der Waals surface area contributed by atoms with Crippen LogP contribution < -0.4 is 5.73 Å². The van der Waals surface area contributed by atoms with Crippen molar-refractivity contribution in [3.05, 3.63) is 127 Å². The zero-order valence-corrected chi connectivity index (χ0v) is 23.0. The van der Waals surface area contributed by atoms with Crippen molar-refractivity contribution in [1.29, 1.82) is 0 Å². The Labute approximate surface area is 230 Å². The van der Waals surface area contributed by atoms with E-state index in [-0.39, 0.29) is 12.1 Å². The Morgan fingerprint density at radius 1 is 0.857 bits per heavy atom. The van der Waals surface area contributed by atoms with E-state index >= 15 is 0 Å². The topological polar surface area (TPSA) is 84.6 Å². The molecule has 0 saturated carbocycles. The van der Waals surface area contributed by atoms with Gasteiger partial charge in [0.05, 0.1) is 18.0 Å². The van der Waals surface area contributed by atoms with Crippen LogP contribution in [-0.4, -0.2) is 28.2 Å². The molecule has 1 saturated heterocycles. The van der Waals surface area contributed by atoms with Gasteiger partial charge in [-0.3, -0.25) is 9.97 Å². The number of epoxide rings is 1. The first-order chi connectivity index (χ1) is 16.8. The van der Waals surface area contributed by atoms with Gasteiger partial charge in [0.15, 0.2) is 5.60 Å². The number of nitrogens with zero attached hydrogens (tertiary/aromatic N) is 2. The van der Waals surface area contributed by atoms with Crippen molar-refractivity contribution in [2.75, 3.05) is 13.2 Å². The minimum atomic E-state index is -1.30. The van der Waals surface area contributed by atoms with E-state index in [0.29, 0.717) is 22.9 Å². The molecule has 3 N–H and O–H groups in total. The summed E-state index contributed by atoms with van der Waals surface area (Å²) in [7, 11) is 0. The summed E-state index contributed by atoms with van der Waals surface area (Å²) in [5.41, 5.74) is 7.25. The van der Waals surface area contributed by atoms with Crippen LogP contribution >= 0.6 is 55.1 Å². The Hall–Kier alpha value is -1.84. The zero-order valence-electron chi connectivity index (χ0n) is 18.3. The molecule has 5 rings (SSSR count). The molecule has 2 aromatic heterocycles. The van der Waals surface area contributed by atoms with E-state index in [4.69, 9.17) is 33.7 Å². The van der Waals surface area contributed by atoms with Gasteiger partial charge in [-0.15, -0.1) is 0 Å². The summed E-state index contributed by atoms with van der Waals surface area (Å²) in [5, 5.41) is 12.0. The van der Waals surface area contributed by atoms with E-state index in [2.05, 4.69) is 41.8 Å². The average Bonchev–Trinajstić information content (AvgIpc) is 3.68. The molecule has 0 bridgehead atoms. The minimum Gasteiger partial charge on any atom is -0.377 e. The molecule has 1 fully saturated rings. The third-order valence-electron chi connectivity index (χ3n) is 5.65. The molecule has 0 radical (unpaired) electrons. The highest BCUT2D eigenvalue weighted by Crippen LogP contribution is 2.44. The van der Waals surface area contributed by atoms with E-state index in [1.165, 1.54) is 0 Å². The predicted octanol–water partition coefficient (Wildman–Crippen LogP) is 6.46. The van der Waals surface area contributed by atoms with E-state index in [0.717, 1.165) is 25.2 Å². The smallest absolute Gasteiger partial charge is 0.158 e. The van der Waals surface area contributed by atoms with Crippen molar-refractivity contribution < 1.29 is 9.84 Å². The van der Waals surface area contributed by atoms with Crippen molar-refractivity contribution in [3.63, 3.8) is 0 Å². The van der Waals surface area contributed by atoms with Crippen LogP contribution in [0.2, 0.25) is 10.0 Å². The summed E-state index contributed by atoms with van der Waals surface area (Å²) in [6.45, 7) is 0.715. The summed E-state index contributed by atoms with van der Waals surface area (Å²) in [6, 6.07) is 22.2. The molecular formula is C26H21Br2Cl2N3O2. The first-order valence-electron chi connectivity index (χ1n) is 10.6. The van der Waals surface area contributed by atoms with E-state index in [9.17, 15) is 5.11 Å². The number of pyridine rings is 2. The lowest BCUT2D eigenvalue weighted by Gasteiger charge is -2.26. The number of benzene rings is 2. The first-order valence-corrected chi connectivity index (χ1v) is 12.9. The molecule has 2 unspecified atom stereocenters. The molecule has 9 heteroatoms. The highest BCUT2D eigenvalue weighted by molar-refractivity contribution is 9.10. The second-order valence-corrected chi connectivity index (χ2v) is 10.6. The van der Waals surface area contributed by atoms with Crippen molar-refractivity contribution in [2.45, 2.75) is 11.2 Å². The normalized spacial score (nSPS) is 18.2. The molecule has 35 heavy (non-hydrogen) atoms. The van der Waals surface area contributed by atoms with Crippen molar-refractivity contribution in [3.8, 4) is 0 Å². The van der Waals surface area contributed by atoms with Crippen LogP contribution in [0.1, 0.15) is 22.5 Å². The monoisotopic (exact) mass is 635 g/mol. The van der Waals surface area contributed by atoms with Gasteiger partial charge < -0.3 is 15.6 Å². The van der Waals surface area contributed by atoms with E-state index in [1.807, 2.05) is 42.5 Å². The quantitative estimate of drug-likeness (QED) is 0.245. The third-order valence-corrected chi connectivity index (χ3v) is 7.10. The molecule has 4 aromatic rings. The van der Waals surface area contributed by atoms with Gasteiger partial charge in [0.1, 0.15) is 5.60 Å². The highest BCUT2D eigenvalue weighted by Gasteiger charge is 2.49. The molecule has 1 aliphatic rings. The van der Waals surface area contributed by atoms with Crippen molar-refractivity contribution in [1.82, 2.24) is 9.97 Å². The summed E-state index contributed by atoms with van der Waals surface area (Å²) in [6.07, 6.45) is 3.42. The van der Waals surface area contributed by atoms with Crippen LogP contribution in [0.25, 0.3) is 0 Å². The van der Waals surface area contributed by atoms with Gasteiger partial charge >= 0.3 is 0 Å². The SMILES string of the molecule is Clc1ccc(C2(c3ccc(Br)cn3)CO2)cc1.NCC(O)(c1ccc(Cl)cc1)c1ccc(Br)cn1. The van der Waals surface area contributed by atoms with Gasteiger partial charge in [-0.05, 0) is 91.5 Å². The molecule has 5 nitrogen and oxygen atoms in total. The van der Waals surface area contributed by atoms with Crippen LogP contribution in [0.4, 0.5) is 0 Å². The largest absolute Gasteiger partial charge is 0.377 e. The average molecular weight is 638 g/mol. The van der Waals surface area contributed by atoms with Gasteiger partial charge in [0, 0.05) is 37.9 Å². The lowest BCUT2D eigenvalue weighted by Crippen LogP contribution is -2.36. The molecular weight excluding hydrogens is 617 g/mol. The number of ether oxygens (including phenoxy) is 1. The molecule has 3 heterocycles. The Balaban J connectivity index is 0.000000165. The van der Waals surface area contributed by atoms with Crippen LogP contribution in [0.15, 0.2) is 94.1 Å². The fraction of sp³-hybridized carbons (Fsp3) is 0.154. The molecule has 180 valence electrons. The molecule has 1 aliphatic heterocycles. The van der Waals surface area contributed by atoms with E-state index in [1.54, 1.807) is 42.7 Å². The van der Waals surface area contributed by atoms with Crippen molar-refractivity contribution in [2.24, 2.45) is 5.73 Å². The summed E-state index contributed by atoms with van der Waals surface area (Å²) in [4.78, 5) is 8.62. The fourth-order valence-corrected chi connectivity index (χ4v) is 4.31. The van der Waals surface area contributed by atoms with Crippen LogP contribution in [-0.2, 0) is 15.9 Å². The molecule has 2 atom stereocenters. The van der Waals surface area contributed by atoms with Crippen LogP contribution in [0.3, 0.4) is 0 Å². The Morgan fingerprint density at radius 2 is 1.40 bits per heavy atom. The maximum Gasteiger partial charge on any atom is 0.158 e. The number of halogens is 4. The summed E-state index contributed by atoms with van der Waals surface area (Å²) < 4.78 is 7.44. The van der Waals surface area contributed by atoms with Gasteiger partial charge in [0.2, 0.25) is 0 Å². The maximum atomic E-state index is 10.7. The number of hydrogen-bond acceptors (Lipinski definition) is 5. The second-order valence-electron chi connectivity index (χ2n) is 7.92. The fourth-order valence-electron chi connectivity index (χ4n) is 3.58. The summed E-state index contributed by atoms with van der Waals surface area (Å²) >= 11 is 18.4. The lowest BCUT2D eigenvalue weighted by atomic mass is 9.90. The first kappa shape index (κ1) is 26.2. The lowest BCUT2D eigenvalue weighted by molar-refractivity contribution is 0.0855. The van der Waals surface area contributed by atoms with Crippen molar-refractivity contribution >= 4 is 55.1 Å². The number of rotatable bonds is 5. The minimum absolute atomic E-state index is 0.0449. The Kier molecular flexibility index (Phi) is 8.28. The highest BCUT2D eigenvalue weighted by atomic mass is 79.9. The molecule has 0 amide bonds. The summed E-state index contributed by atoms with van der Waals surface area (Å²) in [5.74, 6) is 0. The van der Waals surface area contributed by atoms with Gasteiger partial charge in [0.25, 0.3) is 0 Å². The molecule has 0 spiro atoms. The van der Waals surface area contributed by atoms with Crippen LogP contribution in [0, 0.1) is 0 Å². The number of aliphatic hydroxyl groups is 1. The van der Waals surface area contributed by atoms with E-state index < -0.39 is 5.60 Å². The van der Waals surface area contributed by atoms with Crippen LogP contribution in [0.5, 0.6) is 0 Å². The van der Waals surface area contributed by atoms with Gasteiger partial charge in [-0.1, -0.05) is 47.5 Å². The molecule has 0 aliphatic carbocycles. The predicted molar refractivity (Wildman–Crippen MR) is 146 cm³/mol. The maximum absolute atomic E-state index is 10.7. The second kappa shape index (κ2) is 11.0. The molecule has 2 aromatic carbocycles. The Morgan fingerprint density at radius 3 is 1.86 bits per heavy atom. The van der Waals surface area contributed by atoms with Gasteiger partial charge in [-0.2, -0.15) is 0 Å². The number of aromatic nitrogens is 2. The third kappa shape index (κ3) is 5.94. The van der Waals surface area contributed by atoms with Gasteiger partial charge in [-0.25, -0.2) is 0 Å².